The zero-order chi connectivity index (χ0) is 19.6. The predicted octanol–water partition coefficient (Wildman–Crippen LogP) is 2.29. The summed E-state index contributed by atoms with van der Waals surface area (Å²) in [6, 6.07) is 12.0. The highest BCUT2D eigenvalue weighted by atomic mass is 32.2. The smallest absolute Gasteiger partial charge is 0.231 e. The molecule has 3 aromatic rings. The zero-order valence-corrected chi connectivity index (χ0v) is 16.4. The molecule has 2 heterocycles. The topological polar surface area (TPSA) is 91.2 Å². The largest absolute Gasteiger partial charge is 0.454 e. The van der Waals surface area contributed by atoms with Crippen molar-refractivity contribution in [1.82, 2.24) is 25.5 Å². The SMILES string of the molecule is O=C(CSc1nnnn1-c1ccc2c(c1)CCC2)NCc1ccc2c(c1)OCO2. The van der Waals surface area contributed by atoms with Crippen molar-refractivity contribution in [3.05, 3.63) is 53.1 Å². The molecule has 1 aliphatic carbocycles. The molecular formula is C20H19N5O3S. The number of carbonyl (C=O) groups is 1. The van der Waals surface area contributed by atoms with Crippen LogP contribution in [0.5, 0.6) is 11.5 Å². The summed E-state index contributed by atoms with van der Waals surface area (Å²) in [5, 5.41) is 15.5. The number of amides is 1. The number of benzene rings is 2. The first-order chi connectivity index (χ1) is 14.3. The Labute approximate surface area is 171 Å². The lowest BCUT2D eigenvalue weighted by Crippen LogP contribution is -2.24. The minimum Gasteiger partial charge on any atom is -0.454 e. The minimum absolute atomic E-state index is 0.0869. The Morgan fingerprint density at radius 3 is 2.97 bits per heavy atom. The van der Waals surface area contributed by atoms with Gasteiger partial charge in [0.2, 0.25) is 17.9 Å². The fourth-order valence-corrected chi connectivity index (χ4v) is 4.27. The summed E-state index contributed by atoms with van der Waals surface area (Å²) >= 11 is 1.32. The number of nitrogens with one attached hydrogen (secondary N) is 1. The third-order valence-electron chi connectivity index (χ3n) is 5.03. The Hall–Kier alpha value is -3.07. The Morgan fingerprint density at radius 2 is 2.00 bits per heavy atom. The third-order valence-corrected chi connectivity index (χ3v) is 5.95. The first-order valence-electron chi connectivity index (χ1n) is 9.45. The van der Waals surface area contributed by atoms with E-state index in [4.69, 9.17) is 9.47 Å². The van der Waals surface area contributed by atoms with Gasteiger partial charge >= 0.3 is 0 Å². The van der Waals surface area contributed by atoms with Crippen molar-refractivity contribution < 1.29 is 14.3 Å². The van der Waals surface area contributed by atoms with Crippen molar-refractivity contribution in [2.24, 2.45) is 0 Å². The molecule has 148 valence electrons. The highest BCUT2D eigenvalue weighted by Gasteiger charge is 2.16. The zero-order valence-electron chi connectivity index (χ0n) is 15.6. The fourth-order valence-electron chi connectivity index (χ4n) is 3.55. The molecule has 1 N–H and O–H groups in total. The van der Waals surface area contributed by atoms with Crippen molar-refractivity contribution in [2.45, 2.75) is 31.0 Å². The Bertz CT molecular complexity index is 1070. The molecule has 5 rings (SSSR count). The van der Waals surface area contributed by atoms with Crippen molar-refractivity contribution in [3.8, 4) is 17.2 Å². The van der Waals surface area contributed by atoms with E-state index in [0.29, 0.717) is 17.5 Å². The average Bonchev–Trinajstić information content (AvgIpc) is 3.49. The lowest BCUT2D eigenvalue weighted by molar-refractivity contribution is -0.118. The number of aryl methyl sites for hydroxylation is 2. The van der Waals surface area contributed by atoms with Gasteiger partial charge in [-0.1, -0.05) is 23.9 Å². The van der Waals surface area contributed by atoms with Crippen LogP contribution in [0.25, 0.3) is 5.69 Å². The van der Waals surface area contributed by atoms with Crippen LogP contribution in [-0.2, 0) is 24.2 Å². The van der Waals surface area contributed by atoms with Crippen molar-refractivity contribution in [3.63, 3.8) is 0 Å². The van der Waals surface area contributed by atoms with Gasteiger partial charge in [-0.05, 0) is 70.6 Å². The Morgan fingerprint density at radius 1 is 1.10 bits per heavy atom. The second kappa shape index (κ2) is 7.75. The standard InChI is InChI=1S/C20H19N5O3S/c26-19(21-10-13-4-7-17-18(8-13)28-12-27-17)11-29-20-22-23-24-25(20)16-6-5-14-2-1-3-15(14)9-16/h4-9H,1-3,10-12H2,(H,21,26). The normalized spacial score (nSPS) is 14.1. The molecule has 0 atom stereocenters. The monoisotopic (exact) mass is 409 g/mol. The van der Waals surface area contributed by atoms with Crippen LogP contribution in [0.3, 0.4) is 0 Å². The molecule has 1 amide bonds. The molecule has 9 heteroatoms. The number of fused-ring (bicyclic) bond motifs is 2. The highest BCUT2D eigenvalue weighted by molar-refractivity contribution is 7.99. The molecule has 0 unspecified atom stereocenters. The summed E-state index contributed by atoms with van der Waals surface area (Å²) in [4.78, 5) is 12.3. The van der Waals surface area contributed by atoms with Gasteiger partial charge in [-0.2, -0.15) is 4.68 Å². The first kappa shape index (κ1) is 18.0. The number of carbonyl (C=O) groups excluding carboxylic acids is 1. The van der Waals surface area contributed by atoms with E-state index in [1.165, 1.54) is 29.3 Å². The number of tetrazole rings is 1. The van der Waals surface area contributed by atoms with Crippen LogP contribution in [0.1, 0.15) is 23.1 Å². The van der Waals surface area contributed by atoms with Gasteiger partial charge in [-0.15, -0.1) is 5.10 Å². The number of nitrogens with zero attached hydrogens (tertiary/aromatic N) is 4. The highest BCUT2D eigenvalue weighted by Crippen LogP contribution is 2.32. The van der Waals surface area contributed by atoms with Crippen molar-refractivity contribution in [1.29, 1.82) is 0 Å². The van der Waals surface area contributed by atoms with Gasteiger partial charge < -0.3 is 14.8 Å². The van der Waals surface area contributed by atoms with E-state index >= 15 is 0 Å². The maximum absolute atomic E-state index is 12.3. The number of thioether (sulfide) groups is 1. The molecule has 0 spiro atoms. The van der Waals surface area contributed by atoms with Gasteiger partial charge in [0.05, 0.1) is 11.4 Å². The van der Waals surface area contributed by atoms with Crippen LogP contribution in [0.15, 0.2) is 41.6 Å². The number of hydrogen-bond donors (Lipinski definition) is 1. The lowest BCUT2D eigenvalue weighted by atomic mass is 10.1. The lowest BCUT2D eigenvalue weighted by Gasteiger charge is -2.08. The summed E-state index contributed by atoms with van der Waals surface area (Å²) < 4.78 is 12.3. The van der Waals surface area contributed by atoms with Gasteiger partial charge in [0, 0.05) is 6.54 Å². The quantitative estimate of drug-likeness (QED) is 0.625. The molecule has 0 fully saturated rings. The van der Waals surface area contributed by atoms with Gasteiger partial charge in [0.15, 0.2) is 11.5 Å². The molecule has 0 radical (unpaired) electrons. The minimum atomic E-state index is -0.0869. The molecular weight excluding hydrogens is 390 g/mol. The van der Waals surface area contributed by atoms with E-state index in [9.17, 15) is 4.79 Å². The fraction of sp³-hybridized carbons (Fsp3) is 0.300. The van der Waals surface area contributed by atoms with E-state index in [1.807, 2.05) is 24.3 Å². The summed E-state index contributed by atoms with van der Waals surface area (Å²) in [6.45, 7) is 0.659. The van der Waals surface area contributed by atoms with Crippen molar-refractivity contribution in [2.75, 3.05) is 12.5 Å². The van der Waals surface area contributed by atoms with Crippen molar-refractivity contribution >= 4 is 17.7 Å². The van der Waals surface area contributed by atoms with E-state index in [2.05, 4.69) is 33.0 Å². The van der Waals surface area contributed by atoms with E-state index < -0.39 is 0 Å². The second-order valence-corrected chi connectivity index (χ2v) is 7.88. The van der Waals surface area contributed by atoms with Gasteiger partial charge in [0.25, 0.3) is 0 Å². The van der Waals surface area contributed by atoms with Crippen LogP contribution in [0.4, 0.5) is 0 Å². The molecule has 0 bridgehead atoms. The second-order valence-electron chi connectivity index (χ2n) is 6.93. The molecule has 8 nitrogen and oxygen atoms in total. The van der Waals surface area contributed by atoms with Crippen LogP contribution in [-0.4, -0.2) is 38.7 Å². The van der Waals surface area contributed by atoms with Crippen LogP contribution < -0.4 is 14.8 Å². The Balaban J connectivity index is 1.19. The third kappa shape index (κ3) is 3.77. The maximum Gasteiger partial charge on any atom is 0.231 e. The van der Waals surface area contributed by atoms with Gasteiger partial charge in [-0.3, -0.25) is 4.79 Å². The van der Waals surface area contributed by atoms with Crippen LogP contribution >= 0.6 is 11.8 Å². The molecule has 2 aromatic carbocycles. The number of rotatable bonds is 6. The van der Waals surface area contributed by atoms with E-state index in [-0.39, 0.29) is 18.5 Å². The van der Waals surface area contributed by atoms with Gasteiger partial charge in [0.1, 0.15) is 0 Å². The summed E-state index contributed by atoms with van der Waals surface area (Å²) in [7, 11) is 0. The molecule has 29 heavy (non-hydrogen) atoms. The van der Waals surface area contributed by atoms with Crippen LogP contribution in [0, 0.1) is 0 Å². The first-order valence-corrected chi connectivity index (χ1v) is 10.4. The summed E-state index contributed by atoms with van der Waals surface area (Å²) in [5.41, 5.74) is 4.64. The molecule has 1 aliphatic heterocycles. The summed E-state index contributed by atoms with van der Waals surface area (Å²) in [6.07, 6.45) is 3.42. The summed E-state index contributed by atoms with van der Waals surface area (Å²) in [5.74, 6) is 1.58. The average molecular weight is 409 g/mol. The molecule has 2 aliphatic rings. The molecule has 1 aromatic heterocycles. The number of hydrogen-bond acceptors (Lipinski definition) is 7. The number of ether oxygens (including phenoxy) is 2. The van der Waals surface area contributed by atoms with E-state index in [0.717, 1.165) is 29.8 Å². The van der Waals surface area contributed by atoms with Gasteiger partial charge in [-0.25, -0.2) is 0 Å². The Kier molecular flexibility index (Phi) is 4.81. The predicted molar refractivity (Wildman–Crippen MR) is 106 cm³/mol. The molecule has 0 saturated heterocycles. The number of aromatic nitrogens is 4. The van der Waals surface area contributed by atoms with E-state index in [1.54, 1.807) is 4.68 Å². The molecule has 0 saturated carbocycles. The van der Waals surface area contributed by atoms with Crippen LogP contribution in [0.2, 0.25) is 0 Å². The maximum atomic E-state index is 12.3.